The number of aryl methyl sites for hydroxylation is 1. The van der Waals surface area contributed by atoms with Crippen LogP contribution in [0.25, 0.3) is 0 Å². The summed E-state index contributed by atoms with van der Waals surface area (Å²) in [7, 11) is 0. The van der Waals surface area contributed by atoms with E-state index in [0.717, 1.165) is 23.8 Å². The molecule has 2 aliphatic carbocycles. The van der Waals surface area contributed by atoms with E-state index in [1.807, 2.05) is 24.3 Å². The van der Waals surface area contributed by atoms with Crippen LogP contribution in [0.5, 0.6) is 5.75 Å². The quantitative estimate of drug-likeness (QED) is 0.671. The summed E-state index contributed by atoms with van der Waals surface area (Å²) >= 11 is 0. The number of carboxylic acids is 1. The van der Waals surface area contributed by atoms with Gasteiger partial charge in [-0.2, -0.15) is 0 Å². The fraction of sp³-hybridized carbons (Fsp3) is 0.609. The van der Waals surface area contributed by atoms with Crippen molar-refractivity contribution >= 4 is 5.97 Å². The third kappa shape index (κ3) is 4.31. The summed E-state index contributed by atoms with van der Waals surface area (Å²) in [4.78, 5) is 10.7. The van der Waals surface area contributed by atoms with Crippen LogP contribution in [0.1, 0.15) is 64.4 Å². The van der Waals surface area contributed by atoms with E-state index in [-0.39, 0.29) is 6.42 Å². The molecule has 3 nitrogen and oxygen atoms in total. The lowest BCUT2D eigenvalue weighted by molar-refractivity contribution is -0.136. The zero-order chi connectivity index (χ0) is 18.6. The maximum atomic E-state index is 10.7. The second-order valence-electron chi connectivity index (χ2n) is 8.33. The van der Waals surface area contributed by atoms with Gasteiger partial charge in [-0.1, -0.05) is 37.1 Å². The minimum Gasteiger partial charge on any atom is -0.493 e. The Morgan fingerprint density at radius 1 is 1.27 bits per heavy atom. The van der Waals surface area contributed by atoms with Crippen LogP contribution in [0.3, 0.4) is 0 Å². The minimum absolute atomic E-state index is 0.176. The highest BCUT2D eigenvalue weighted by molar-refractivity contribution is 5.67. The van der Waals surface area contributed by atoms with E-state index >= 15 is 0 Å². The molecule has 1 spiro atoms. The average molecular weight is 357 g/mol. The van der Waals surface area contributed by atoms with Crippen molar-refractivity contribution in [1.29, 1.82) is 0 Å². The summed E-state index contributed by atoms with van der Waals surface area (Å²) in [6.45, 7) is 5.57. The van der Waals surface area contributed by atoms with Crippen molar-refractivity contribution in [2.75, 3.05) is 6.61 Å². The molecule has 3 unspecified atom stereocenters. The van der Waals surface area contributed by atoms with Gasteiger partial charge in [-0.3, -0.25) is 4.79 Å². The Morgan fingerprint density at radius 2 is 2.04 bits per heavy atom. The molecule has 1 saturated carbocycles. The molecule has 0 aromatic heterocycles. The van der Waals surface area contributed by atoms with E-state index in [1.54, 1.807) is 5.57 Å². The van der Waals surface area contributed by atoms with Gasteiger partial charge in [0.25, 0.3) is 0 Å². The lowest BCUT2D eigenvalue weighted by Gasteiger charge is -2.48. The fourth-order valence-electron chi connectivity index (χ4n) is 5.01. The molecule has 0 aliphatic heterocycles. The molecular formula is C23H32O3. The first-order chi connectivity index (χ1) is 12.5. The second kappa shape index (κ2) is 8.28. The highest BCUT2D eigenvalue weighted by Gasteiger charge is 2.43. The van der Waals surface area contributed by atoms with Gasteiger partial charge in [0.05, 0.1) is 6.61 Å². The van der Waals surface area contributed by atoms with Crippen LogP contribution in [-0.4, -0.2) is 17.7 Å². The molecular weight excluding hydrogens is 324 g/mol. The van der Waals surface area contributed by atoms with E-state index < -0.39 is 5.97 Å². The van der Waals surface area contributed by atoms with Crippen LogP contribution in [0.15, 0.2) is 35.9 Å². The Hall–Kier alpha value is -1.77. The Labute approximate surface area is 157 Å². The number of allylic oxidation sites excluding steroid dienone is 2. The fourth-order valence-corrected chi connectivity index (χ4v) is 5.01. The molecule has 1 aromatic carbocycles. The van der Waals surface area contributed by atoms with Crippen molar-refractivity contribution in [3.05, 3.63) is 41.5 Å². The van der Waals surface area contributed by atoms with Crippen LogP contribution in [0, 0.1) is 17.3 Å². The largest absolute Gasteiger partial charge is 0.493 e. The van der Waals surface area contributed by atoms with E-state index in [2.05, 4.69) is 19.9 Å². The molecule has 1 fully saturated rings. The molecule has 0 bridgehead atoms. The summed E-state index contributed by atoms with van der Waals surface area (Å²) in [5.74, 6) is 1.55. The average Bonchev–Trinajstić information content (AvgIpc) is 2.64. The van der Waals surface area contributed by atoms with Gasteiger partial charge in [-0.15, -0.1) is 0 Å². The highest BCUT2D eigenvalue weighted by Crippen LogP contribution is 2.53. The van der Waals surface area contributed by atoms with Gasteiger partial charge in [-0.25, -0.2) is 0 Å². The topological polar surface area (TPSA) is 46.5 Å². The second-order valence-corrected chi connectivity index (χ2v) is 8.33. The number of benzene rings is 1. The van der Waals surface area contributed by atoms with Crippen LogP contribution < -0.4 is 4.74 Å². The van der Waals surface area contributed by atoms with Gasteiger partial charge in [-0.05, 0) is 80.4 Å². The number of hydrogen-bond acceptors (Lipinski definition) is 2. The normalized spacial score (nSPS) is 28.6. The molecule has 26 heavy (non-hydrogen) atoms. The zero-order valence-corrected chi connectivity index (χ0v) is 16.2. The number of hydrogen-bond donors (Lipinski definition) is 1. The Kier molecular flexibility index (Phi) is 6.05. The van der Waals surface area contributed by atoms with Gasteiger partial charge < -0.3 is 9.84 Å². The smallest absolute Gasteiger partial charge is 0.303 e. The molecule has 3 heteroatoms. The molecule has 1 aromatic rings. The van der Waals surface area contributed by atoms with Crippen molar-refractivity contribution in [3.63, 3.8) is 0 Å². The molecule has 1 N–H and O–H groups in total. The summed E-state index contributed by atoms with van der Waals surface area (Å²) < 4.78 is 6.09. The van der Waals surface area contributed by atoms with Gasteiger partial charge in [0.15, 0.2) is 0 Å². The summed E-state index contributed by atoms with van der Waals surface area (Å²) in [6, 6.07) is 7.92. The molecule has 3 rings (SSSR count). The van der Waals surface area contributed by atoms with E-state index in [0.29, 0.717) is 17.8 Å². The van der Waals surface area contributed by atoms with Crippen LogP contribution in [0.4, 0.5) is 0 Å². The Balaban J connectivity index is 1.55. The lowest BCUT2D eigenvalue weighted by atomic mass is 9.57. The molecule has 0 saturated heterocycles. The zero-order valence-electron chi connectivity index (χ0n) is 16.2. The Bertz CT molecular complexity index is 646. The number of aliphatic carboxylic acids is 1. The number of rotatable bonds is 6. The molecule has 2 aliphatic rings. The molecule has 0 heterocycles. The van der Waals surface area contributed by atoms with Gasteiger partial charge in [0, 0.05) is 6.42 Å². The summed E-state index contributed by atoms with van der Waals surface area (Å²) in [6.07, 6.45) is 10.9. The van der Waals surface area contributed by atoms with E-state index in [4.69, 9.17) is 9.84 Å². The van der Waals surface area contributed by atoms with Crippen LogP contribution >= 0.6 is 0 Å². The summed E-state index contributed by atoms with van der Waals surface area (Å²) in [5, 5.41) is 8.77. The number of carboxylic acid groups (broad SMARTS) is 1. The van der Waals surface area contributed by atoms with Gasteiger partial charge in [0.2, 0.25) is 0 Å². The molecule has 3 atom stereocenters. The van der Waals surface area contributed by atoms with Crippen molar-refractivity contribution < 1.29 is 14.6 Å². The molecule has 0 amide bonds. The highest BCUT2D eigenvalue weighted by atomic mass is 16.5. The SMILES string of the molecule is CC1=CCCC(C)C12CCCC(COc1ccc(CCC(=O)O)cc1)C2. The standard InChI is InChI=1S/C23H32O3/c1-17-5-3-6-18(2)23(17)14-4-7-20(15-23)16-26-21-11-8-19(9-12-21)10-13-22(24)25/h5,8-9,11-12,18,20H,3-4,6-7,10,13-16H2,1-2H3,(H,24,25). The van der Waals surface area contributed by atoms with Crippen LogP contribution in [0.2, 0.25) is 0 Å². The maximum absolute atomic E-state index is 10.7. The van der Waals surface area contributed by atoms with Gasteiger partial charge >= 0.3 is 5.97 Å². The van der Waals surface area contributed by atoms with Crippen molar-refractivity contribution in [3.8, 4) is 5.75 Å². The minimum atomic E-state index is -0.752. The first-order valence-electron chi connectivity index (χ1n) is 10.1. The monoisotopic (exact) mass is 356 g/mol. The Morgan fingerprint density at radius 3 is 2.73 bits per heavy atom. The molecule has 0 radical (unpaired) electrons. The van der Waals surface area contributed by atoms with Crippen molar-refractivity contribution in [2.45, 2.75) is 65.2 Å². The predicted octanol–water partition coefficient (Wildman–Crippen LogP) is 5.64. The van der Waals surface area contributed by atoms with Crippen LogP contribution in [-0.2, 0) is 11.2 Å². The molecule has 142 valence electrons. The lowest BCUT2D eigenvalue weighted by Crippen LogP contribution is -2.39. The van der Waals surface area contributed by atoms with E-state index in [9.17, 15) is 4.79 Å². The third-order valence-electron chi connectivity index (χ3n) is 6.70. The number of ether oxygens (including phenoxy) is 1. The predicted molar refractivity (Wildman–Crippen MR) is 104 cm³/mol. The van der Waals surface area contributed by atoms with Gasteiger partial charge in [0.1, 0.15) is 5.75 Å². The number of carbonyl (C=O) groups is 1. The third-order valence-corrected chi connectivity index (χ3v) is 6.70. The summed E-state index contributed by atoms with van der Waals surface area (Å²) in [5.41, 5.74) is 3.07. The van der Waals surface area contributed by atoms with E-state index in [1.165, 1.54) is 38.5 Å². The first kappa shape index (κ1) is 19.0. The maximum Gasteiger partial charge on any atom is 0.303 e. The van der Waals surface area contributed by atoms with Crippen molar-refractivity contribution in [2.24, 2.45) is 17.3 Å². The van der Waals surface area contributed by atoms with Crippen molar-refractivity contribution in [1.82, 2.24) is 0 Å². The first-order valence-corrected chi connectivity index (χ1v) is 10.1.